The molecule has 1 rings (SSSR count). The van der Waals surface area contributed by atoms with Crippen molar-refractivity contribution in [3.8, 4) is 11.8 Å². The molecule has 0 nitrogen and oxygen atoms in total. The van der Waals surface area contributed by atoms with Gasteiger partial charge < -0.3 is 0 Å². The van der Waals surface area contributed by atoms with Gasteiger partial charge in [0, 0.05) is 0 Å². The van der Waals surface area contributed by atoms with Crippen molar-refractivity contribution in [1.29, 1.82) is 0 Å². The number of rotatable bonds is 10. The van der Waals surface area contributed by atoms with Crippen LogP contribution in [0.1, 0.15) is 85.6 Å². The van der Waals surface area contributed by atoms with Gasteiger partial charge in [-0.3, -0.25) is 0 Å². The summed E-state index contributed by atoms with van der Waals surface area (Å²) >= 11 is -2.39. The molecular formula is C24H40Sn. The predicted molar refractivity (Wildman–Crippen MR) is 117 cm³/mol. The average Bonchev–Trinajstić information content (AvgIpc) is 2.59. The Morgan fingerprint density at radius 2 is 1.28 bits per heavy atom. The maximum absolute atomic E-state index is 3.59. The second-order valence-corrected chi connectivity index (χ2v) is 21.8. The molecule has 0 saturated carbocycles. The second kappa shape index (κ2) is 11.3. The van der Waals surface area contributed by atoms with Gasteiger partial charge in [0.2, 0.25) is 0 Å². The van der Waals surface area contributed by atoms with E-state index in [1.807, 2.05) is 0 Å². The summed E-state index contributed by atoms with van der Waals surface area (Å²) in [4.78, 5) is 0. The minimum atomic E-state index is -2.39. The molecule has 0 aromatic heterocycles. The van der Waals surface area contributed by atoms with Crippen molar-refractivity contribution in [1.82, 2.24) is 0 Å². The van der Waals surface area contributed by atoms with Gasteiger partial charge in [-0.05, 0) is 0 Å². The third-order valence-electron chi connectivity index (χ3n) is 5.10. The zero-order valence-corrected chi connectivity index (χ0v) is 20.5. The van der Waals surface area contributed by atoms with Crippen molar-refractivity contribution in [3.63, 3.8) is 0 Å². The molecule has 140 valence electrons. The van der Waals surface area contributed by atoms with Gasteiger partial charge in [0.15, 0.2) is 0 Å². The number of hydrogen-bond donors (Lipinski definition) is 0. The van der Waals surface area contributed by atoms with E-state index < -0.39 is 18.4 Å². The van der Waals surface area contributed by atoms with Gasteiger partial charge in [0.05, 0.1) is 0 Å². The van der Waals surface area contributed by atoms with Crippen molar-refractivity contribution >= 4 is 22.0 Å². The molecule has 1 heteroatoms. The van der Waals surface area contributed by atoms with Gasteiger partial charge in [0.1, 0.15) is 0 Å². The summed E-state index contributed by atoms with van der Waals surface area (Å²) in [6, 6.07) is 9.21. The summed E-state index contributed by atoms with van der Waals surface area (Å²) in [6.07, 6.45) is 8.20. The van der Waals surface area contributed by atoms with Crippen LogP contribution in [0.15, 0.2) is 24.3 Å². The zero-order valence-electron chi connectivity index (χ0n) is 17.7. The molecular weight excluding hydrogens is 407 g/mol. The van der Waals surface area contributed by atoms with Crippen molar-refractivity contribution < 1.29 is 0 Å². The second-order valence-electron chi connectivity index (χ2n) is 8.64. The van der Waals surface area contributed by atoms with Crippen LogP contribution in [0, 0.1) is 17.3 Å². The SMILES string of the molecule is CCC[CH2][Sn]([CH2]CCC)([CH2]CCC)[c]1ccccc1C#CC(C)(C)C. The van der Waals surface area contributed by atoms with E-state index in [9.17, 15) is 0 Å². The molecule has 0 aliphatic rings. The normalized spacial score (nSPS) is 11.9. The topological polar surface area (TPSA) is 0 Å². The molecule has 0 aliphatic heterocycles. The first-order chi connectivity index (χ1) is 11.9. The molecule has 0 bridgehead atoms. The van der Waals surface area contributed by atoms with E-state index in [1.165, 1.54) is 57.4 Å². The predicted octanol–water partition coefficient (Wildman–Crippen LogP) is 7.14. The van der Waals surface area contributed by atoms with Crippen LogP contribution in [-0.4, -0.2) is 18.4 Å². The minimum absolute atomic E-state index is 0.0710. The number of unbranched alkanes of at least 4 members (excludes halogenated alkanes) is 3. The molecule has 0 amide bonds. The van der Waals surface area contributed by atoms with Crippen LogP contribution in [0.4, 0.5) is 0 Å². The summed E-state index contributed by atoms with van der Waals surface area (Å²) in [5.74, 6) is 7.09. The van der Waals surface area contributed by atoms with Gasteiger partial charge in [-0.2, -0.15) is 0 Å². The molecule has 0 unspecified atom stereocenters. The molecule has 1 aromatic carbocycles. The maximum atomic E-state index is 3.59. The quantitative estimate of drug-likeness (QED) is 0.264. The molecule has 25 heavy (non-hydrogen) atoms. The third-order valence-corrected chi connectivity index (χ3v) is 20.8. The Labute approximate surface area is 162 Å². The van der Waals surface area contributed by atoms with Gasteiger partial charge in [-0.25, -0.2) is 0 Å². The van der Waals surface area contributed by atoms with Gasteiger partial charge in [-0.1, -0.05) is 0 Å². The summed E-state index contributed by atoms with van der Waals surface area (Å²) < 4.78 is 6.27. The van der Waals surface area contributed by atoms with E-state index in [4.69, 9.17) is 0 Å². The van der Waals surface area contributed by atoms with Crippen molar-refractivity contribution in [2.75, 3.05) is 0 Å². The first-order valence-corrected chi connectivity index (χ1v) is 18.0. The Bertz CT molecular complexity index is 532. The van der Waals surface area contributed by atoms with Gasteiger partial charge in [0.25, 0.3) is 0 Å². The zero-order chi connectivity index (χ0) is 18.8. The van der Waals surface area contributed by atoms with E-state index in [1.54, 1.807) is 3.58 Å². The van der Waals surface area contributed by atoms with Crippen molar-refractivity contribution in [3.05, 3.63) is 29.8 Å². The number of benzene rings is 1. The fourth-order valence-corrected chi connectivity index (χ4v) is 20.2. The van der Waals surface area contributed by atoms with E-state index in [2.05, 4.69) is 77.6 Å². The van der Waals surface area contributed by atoms with E-state index in [-0.39, 0.29) is 5.41 Å². The third kappa shape index (κ3) is 7.77. The Hall–Kier alpha value is -0.421. The molecule has 0 N–H and O–H groups in total. The van der Waals surface area contributed by atoms with E-state index >= 15 is 0 Å². The molecule has 0 aliphatic carbocycles. The van der Waals surface area contributed by atoms with Crippen LogP contribution >= 0.6 is 0 Å². The van der Waals surface area contributed by atoms with E-state index in [0.29, 0.717) is 0 Å². The number of hydrogen-bond acceptors (Lipinski definition) is 0. The molecule has 0 saturated heterocycles. The molecule has 0 spiro atoms. The first-order valence-electron chi connectivity index (χ1n) is 10.5. The van der Waals surface area contributed by atoms with Crippen molar-refractivity contribution in [2.45, 2.75) is 93.4 Å². The van der Waals surface area contributed by atoms with Crippen LogP contribution in [0.2, 0.25) is 13.3 Å². The van der Waals surface area contributed by atoms with Crippen LogP contribution in [0.3, 0.4) is 0 Å². The van der Waals surface area contributed by atoms with Gasteiger partial charge in [-0.15, -0.1) is 0 Å². The van der Waals surface area contributed by atoms with Crippen LogP contribution in [-0.2, 0) is 0 Å². The molecule has 0 fully saturated rings. The Morgan fingerprint density at radius 1 is 0.800 bits per heavy atom. The molecule has 0 radical (unpaired) electrons. The van der Waals surface area contributed by atoms with Crippen LogP contribution < -0.4 is 3.58 Å². The summed E-state index contributed by atoms with van der Waals surface area (Å²) in [5.41, 5.74) is 1.43. The van der Waals surface area contributed by atoms with Crippen LogP contribution in [0.25, 0.3) is 0 Å². The average molecular weight is 447 g/mol. The molecule has 0 atom stereocenters. The van der Waals surface area contributed by atoms with Crippen molar-refractivity contribution in [2.24, 2.45) is 5.41 Å². The Morgan fingerprint density at radius 3 is 1.72 bits per heavy atom. The fourth-order valence-electron chi connectivity index (χ4n) is 3.63. The van der Waals surface area contributed by atoms with E-state index in [0.717, 1.165) is 0 Å². The first kappa shape index (κ1) is 22.6. The monoisotopic (exact) mass is 448 g/mol. The molecule has 1 aromatic rings. The molecule has 0 heterocycles. The standard InChI is InChI=1S/C12H13.3C4H9.Sn/c1-12(2,3)10-9-11-7-5-4-6-8-11;3*1-3-4-2;/h4-7H,1-3H3;3*1,3-4H2,2H3;. The van der Waals surface area contributed by atoms with Gasteiger partial charge >= 0.3 is 162 Å². The summed E-state index contributed by atoms with van der Waals surface area (Å²) in [5, 5.41) is 0. The summed E-state index contributed by atoms with van der Waals surface area (Å²) in [6.45, 7) is 13.7. The Balaban J connectivity index is 3.37. The fraction of sp³-hybridized carbons (Fsp3) is 0.667. The van der Waals surface area contributed by atoms with Crippen LogP contribution in [0.5, 0.6) is 0 Å². The summed E-state index contributed by atoms with van der Waals surface area (Å²) in [7, 11) is 0. The Kier molecular flexibility index (Phi) is 10.2.